The van der Waals surface area contributed by atoms with Crippen molar-refractivity contribution in [2.45, 2.75) is 26.4 Å². The summed E-state index contributed by atoms with van der Waals surface area (Å²) in [5.74, 6) is -0.254. The lowest BCUT2D eigenvalue weighted by Crippen LogP contribution is -2.27. The minimum Gasteiger partial charge on any atom is -0.444 e. The molecule has 0 aliphatic carbocycles. The first kappa shape index (κ1) is 19.6. The van der Waals surface area contributed by atoms with Crippen LogP contribution < -0.4 is 10.6 Å². The van der Waals surface area contributed by atoms with Crippen molar-refractivity contribution in [3.8, 4) is 10.4 Å². The normalized spacial score (nSPS) is 11.0. The van der Waals surface area contributed by atoms with Crippen LogP contribution in [0.1, 0.15) is 31.1 Å². The molecule has 0 aliphatic rings. The number of rotatable bonds is 4. The quantitative estimate of drug-likeness (QED) is 0.569. The first-order chi connectivity index (χ1) is 13.3. The average Bonchev–Trinajstić information content (AvgIpc) is 3.17. The van der Waals surface area contributed by atoms with Crippen molar-refractivity contribution >= 4 is 34.7 Å². The molecule has 1 heterocycles. The SMILES string of the molecule is CC(C)(C)OC(=O)Nc1ccc(-c2cccs2)cc1NC(=O)c1ccccc1. The largest absolute Gasteiger partial charge is 0.444 e. The Labute approximate surface area is 168 Å². The van der Waals surface area contributed by atoms with Crippen LogP contribution >= 0.6 is 11.3 Å². The molecule has 0 saturated carbocycles. The Bertz CT molecular complexity index is 961. The van der Waals surface area contributed by atoms with Crippen LogP contribution in [0.2, 0.25) is 0 Å². The van der Waals surface area contributed by atoms with Gasteiger partial charge in [-0.15, -0.1) is 11.3 Å². The maximum absolute atomic E-state index is 12.6. The molecule has 0 unspecified atom stereocenters. The van der Waals surface area contributed by atoms with Gasteiger partial charge in [0.25, 0.3) is 5.91 Å². The Kier molecular flexibility index (Phi) is 5.80. The van der Waals surface area contributed by atoms with E-state index in [1.54, 1.807) is 62.4 Å². The standard InChI is InChI=1S/C22H22N2O3S/c1-22(2,3)27-21(26)24-17-12-11-16(19-10-7-13-28-19)14-18(17)23-20(25)15-8-5-4-6-9-15/h4-14H,1-3H3,(H,23,25)(H,24,26). The molecule has 0 atom stereocenters. The molecule has 6 heteroatoms. The van der Waals surface area contributed by atoms with E-state index >= 15 is 0 Å². The third-order valence-electron chi connectivity index (χ3n) is 3.75. The number of carbonyl (C=O) groups is 2. The fourth-order valence-electron chi connectivity index (χ4n) is 2.55. The minimum atomic E-state index is -0.617. The molecule has 0 bridgehead atoms. The zero-order valence-electron chi connectivity index (χ0n) is 16.0. The third kappa shape index (κ3) is 5.20. The number of thiophene rings is 1. The number of carbonyl (C=O) groups excluding carboxylic acids is 2. The number of benzene rings is 2. The van der Waals surface area contributed by atoms with E-state index < -0.39 is 11.7 Å². The van der Waals surface area contributed by atoms with Gasteiger partial charge in [-0.1, -0.05) is 30.3 Å². The van der Waals surface area contributed by atoms with Gasteiger partial charge >= 0.3 is 6.09 Å². The van der Waals surface area contributed by atoms with Gasteiger partial charge in [0.2, 0.25) is 0 Å². The van der Waals surface area contributed by atoms with E-state index in [1.807, 2.05) is 35.7 Å². The number of anilines is 2. The van der Waals surface area contributed by atoms with Gasteiger partial charge < -0.3 is 10.1 Å². The molecule has 0 saturated heterocycles. The number of ether oxygens (including phenoxy) is 1. The highest BCUT2D eigenvalue weighted by molar-refractivity contribution is 7.13. The zero-order valence-corrected chi connectivity index (χ0v) is 16.8. The molecule has 2 amide bonds. The summed E-state index contributed by atoms with van der Waals surface area (Å²) in [4.78, 5) is 25.9. The molecular formula is C22H22N2O3S. The lowest BCUT2D eigenvalue weighted by atomic mass is 10.1. The molecule has 144 valence electrons. The van der Waals surface area contributed by atoms with Gasteiger partial charge in [0.15, 0.2) is 0 Å². The Morgan fingerprint density at radius 2 is 1.64 bits per heavy atom. The summed E-state index contributed by atoms with van der Waals surface area (Å²) in [6, 6.07) is 18.4. The van der Waals surface area contributed by atoms with E-state index in [0.29, 0.717) is 16.9 Å². The molecule has 2 N–H and O–H groups in total. The monoisotopic (exact) mass is 394 g/mol. The van der Waals surface area contributed by atoms with Crippen LogP contribution in [-0.2, 0) is 4.74 Å². The van der Waals surface area contributed by atoms with Gasteiger partial charge in [0.1, 0.15) is 5.60 Å². The van der Waals surface area contributed by atoms with E-state index in [9.17, 15) is 9.59 Å². The summed E-state index contributed by atoms with van der Waals surface area (Å²) in [6.07, 6.45) is -0.577. The molecular weight excluding hydrogens is 372 g/mol. The Balaban J connectivity index is 1.90. The van der Waals surface area contributed by atoms with Gasteiger partial charge in [-0.05, 0) is 62.0 Å². The zero-order chi connectivity index (χ0) is 20.1. The van der Waals surface area contributed by atoms with E-state index in [0.717, 1.165) is 10.4 Å². The smallest absolute Gasteiger partial charge is 0.412 e. The van der Waals surface area contributed by atoms with Crippen molar-refractivity contribution in [3.63, 3.8) is 0 Å². The summed E-state index contributed by atoms with van der Waals surface area (Å²) in [5, 5.41) is 7.61. The number of hydrogen-bond acceptors (Lipinski definition) is 4. The van der Waals surface area contributed by atoms with Crippen molar-refractivity contribution in [2.24, 2.45) is 0 Å². The van der Waals surface area contributed by atoms with Gasteiger partial charge in [-0.2, -0.15) is 0 Å². The van der Waals surface area contributed by atoms with Crippen LogP contribution in [0.25, 0.3) is 10.4 Å². The molecule has 3 aromatic rings. The van der Waals surface area contributed by atoms with Gasteiger partial charge in [-0.3, -0.25) is 10.1 Å². The molecule has 0 radical (unpaired) electrons. The van der Waals surface area contributed by atoms with Crippen molar-refractivity contribution in [3.05, 3.63) is 71.6 Å². The molecule has 5 nitrogen and oxygen atoms in total. The molecule has 0 fully saturated rings. The van der Waals surface area contributed by atoms with Crippen LogP contribution in [0.3, 0.4) is 0 Å². The molecule has 3 rings (SSSR count). The Morgan fingerprint density at radius 1 is 0.893 bits per heavy atom. The van der Waals surface area contributed by atoms with E-state index in [-0.39, 0.29) is 5.91 Å². The highest BCUT2D eigenvalue weighted by Gasteiger charge is 2.18. The maximum atomic E-state index is 12.6. The fourth-order valence-corrected chi connectivity index (χ4v) is 3.27. The molecule has 0 spiro atoms. The van der Waals surface area contributed by atoms with Crippen molar-refractivity contribution < 1.29 is 14.3 Å². The number of nitrogens with one attached hydrogen (secondary N) is 2. The van der Waals surface area contributed by atoms with E-state index in [1.165, 1.54) is 0 Å². The highest BCUT2D eigenvalue weighted by atomic mass is 32.1. The summed E-state index contributed by atoms with van der Waals surface area (Å²) in [7, 11) is 0. The first-order valence-corrected chi connectivity index (χ1v) is 9.74. The van der Waals surface area contributed by atoms with Gasteiger partial charge in [-0.25, -0.2) is 4.79 Å². The summed E-state index contributed by atoms with van der Waals surface area (Å²) >= 11 is 1.60. The highest BCUT2D eigenvalue weighted by Crippen LogP contribution is 2.32. The molecule has 0 aliphatic heterocycles. The minimum absolute atomic E-state index is 0.254. The Morgan fingerprint density at radius 3 is 2.29 bits per heavy atom. The second kappa shape index (κ2) is 8.27. The van der Waals surface area contributed by atoms with Gasteiger partial charge in [0, 0.05) is 10.4 Å². The molecule has 1 aromatic heterocycles. The summed E-state index contributed by atoms with van der Waals surface area (Å²) < 4.78 is 5.33. The summed E-state index contributed by atoms with van der Waals surface area (Å²) in [6.45, 7) is 5.39. The maximum Gasteiger partial charge on any atom is 0.412 e. The predicted molar refractivity (Wildman–Crippen MR) is 114 cm³/mol. The second-order valence-electron chi connectivity index (χ2n) is 7.18. The Hall–Kier alpha value is -3.12. The van der Waals surface area contributed by atoms with Crippen LogP contribution in [0.5, 0.6) is 0 Å². The average molecular weight is 394 g/mol. The van der Waals surface area contributed by atoms with Crippen LogP contribution in [0.4, 0.5) is 16.2 Å². The van der Waals surface area contributed by atoms with Crippen molar-refractivity contribution in [1.82, 2.24) is 0 Å². The number of amides is 2. The molecule has 2 aromatic carbocycles. The van der Waals surface area contributed by atoms with E-state index in [2.05, 4.69) is 10.6 Å². The lowest BCUT2D eigenvalue weighted by Gasteiger charge is -2.21. The van der Waals surface area contributed by atoms with Crippen molar-refractivity contribution in [2.75, 3.05) is 10.6 Å². The first-order valence-electron chi connectivity index (χ1n) is 8.86. The van der Waals surface area contributed by atoms with E-state index in [4.69, 9.17) is 4.74 Å². The van der Waals surface area contributed by atoms with Gasteiger partial charge in [0.05, 0.1) is 11.4 Å². The summed E-state index contributed by atoms with van der Waals surface area (Å²) in [5.41, 5.74) is 1.85. The van der Waals surface area contributed by atoms with Crippen LogP contribution in [-0.4, -0.2) is 17.6 Å². The lowest BCUT2D eigenvalue weighted by molar-refractivity contribution is 0.0635. The second-order valence-corrected chi connectivity index (χ2v) is 8.13. The van der Waals surface area contributed by atoms with Crippen LogP contribution in [0.15, 0.2) is 66.0 Å². The predicted octanol–water partition coefficient (Wildman–Crippen LogP) is 6.01. The van der Waals surface area contributed by atoms with Crippen molar-refractivity contribution in [1.29, 1.82) is 0 Å². The number of hydrogen-bond donors (Lipinski definition) is 2. The fraction of sp³-hybridized carbons (Fsp3) is 0.182. The molecule has 28 heavy (non-hydrogen) atoms. The topological polar surface area (TPSA) is 67.4 Å². The third-order valence-corrected chi connectivity index (χ3v) is 4.66. The van der Waals surface area contributed by atoms with Crippen LogP contribution in [0, 0.1) is 0 Å².